The van der Waals surface area contributed by atoms with Gasteiger partial charge in [-0.3, -0.25) is 14.7 Å². The van der Waals surface area contributed by atoms with Gasteiger partial charge in [-0.15, -0.1) is 11.3 Å². The van der Waals surface area contributed by atoms with Gasteiger partial charge in [-0.2, -0.15) is 5.10 Å². The van der Waals surface area contributed by atoms with Crippen molar-refractivity contribution >= 4 is 34.2 Å². The molecule has 5 aromatic rings. The molecule has 1 saturated carbocycles. The topological polar surface area (TPSA) is 109 Å². The summed E-state index contributed by atoms with van der Waals surface area (Å²) < 4.78 is 33.9. The van der Waals surface area contributed by atoms with Gasteiger partial charge in [-0.1, -0.05) is 54.6 Å². The Morgan fingerprint density at radius 2 is 1.91 bits per heavy atom. The van der Waals surface area contributed by atoms with Gasteiger partial charge in [-0.25, -0.2) is 13.6 Å². The maximum atomic E-state index is 13.6. The smallest absolute Gasteiger partial charge is 0.410 e. The number of benzene rings is 2. The number of amides is 2. The second-order valence-electron chi connectivity index (χ2n) is 11.3. The van der Waals surface area contributed by atoms with Crippen LogP contribution in [0.2, 0.25) is 0 Å². The highest BCUT2D eigenvalue weighted by atomic mass is 32.1. The fourth-order valence-electron chi connectivity index (χ4n) is 5.48. The van der Waals surface area contributed by atoms with E-state index in [0.717, 1.165) is 27.1 Å². The van der Waals surface area contributed by atoms with Crippen molar-refractivity contribution < 1.29 is 23.1 Å². The fraction of sp³-hybridized carbons (Fsp3) is 0.273. The lowest BCUT2D eigenvalue weighted by Crippen LogP contribution is -2.41. The van der Waals surface area contributed by atoms with Crippen LogP contribution in [0.1, 0.15) is 58.2 Å². The molecule has 0 spiro atoms. The molecule has 3 aromatic heterocycles. The number of rotatable bonds is 9. The molecule has 9 nitrogen and oxygen atoms in total. The van der Waals surface area contributed by atoms with Crippen LogP contribution in [0.4, 0.5) is 13.6 Å². The molecule has 232 valence electrons. The molecule has 2 amide bonds. The average Bonchev–Trinajstić information content (AvgIpc) is 3.71. The lowest BCUT2D eigenvalue weighted by Gasteiger charge is -2.36. The number of carbonyl (C=O) groups is 2. The largest absolute Gasteiger partial charge is 0.445 e. The molecule has 45 heavy (non-hydrogen) atoms. The van der Waals surface area contributed by atoms with Crippen LogP contribution in [0.5, 0.6) is 0 Å². The standard InChI is InChI=1S/C33H31F2N5O4S/c1-20(37-30(41)27-17-40(24-13-33(34,35)14-24)31(42)26-15-36-38-29(26)27)28-12-23(19-45-28)25-11-7-6-10-22(25)16-39(2)32(43)44-18-21-8-4-3-5-9-21/h3-12,15,17,19-20,24H,13-14,16,18H2,1-2H3,(H,36,38)(H,37,41). The molecule has 1 aliphatic rings. The highest BCUT2D eigenvalue weighted by Gasteiger charge is 2.46. The third-order valence-corrected chi connectivity index (χ3v) is 9.11. The Balaban J connectivity index is 1.15. The summed E-state index contributed by atoms with van der Waals surface area (Å²) in [5.74, 6) is -3.27. The molecule has 3 heterocycles. The van der Waals surface area contributed by atoms with Crippen molar-refractivity contribution in [2.45, 2.75) is 50.9 Å². The zero-order chi connectivity index (χ0) is 31.7. The van der Waals surface area contributed by atoms with E-state index >= 15 is 0 Å². The van der Waals surface area contributed by atoms with Gasteiger partial charge in [0, 0.05) is 43.5 Å². The summed E-state index contributed by atoms with van der Waals surface area (Å²) in [6.45, 7) is 2.37. The van der Waals surface area contributed by atoms with E-state index in [1.807, 2.05) is 73.0 Å². The first-order valence-electron chi connectivity index (χ1n) is 14.4. The molecular weight excluding hydrogens is 600 g/mol. The van der Waals surface area contributed by atoms with Crippen molar-refractivity contribution in [1.82, 2.24) is 25.0 Å². The van der Waals surface area contributed by atoms with E-state index in [-0.39, 0.29) is 23.1 Å². The van der Waals surface area contributed by atoms with E-state index in [9.17, 15) is 23.2 Å². The number of hydrogen-bond acceptors (Lipinski definition) is 6. The van der Waals surface area contributed by atoms with Crippen LogP contribution in [-0.2, 0) is 17.9 Å². The first kappa shape index (κ1) is 30.2. The fourth-order valence-corrected chi connectivity index (χ4v) is 6.40. The summed E-state index contributed by atoms with van der Waals surface area (Å²) in [5, 5.41) is 11.8. The number of alkyl halides is 2. The van der Waals surface area contributed by atoms with Gasteiger partial charge in [0.15, 0.2) is 0 Å². The van der Waals surface area contributed by atoms with Crippen LogP contribution in [-0.4, -0.2) is 44.6 Å². The minimum atomic E-state index is -2.82. The Hall–Kier alpha value is -4.84. The van der Waals surface area contributed by atoms with Gasteiger partial charge in [-0.05, 0) is 40.6 Å². The summed E-state index contributed by atoms with van der Waals surface area (Å²) in [5.41, 5.74) is 3.69. The van der Waals surface area contributed by atoms with Crippen molar-refractivity contribution in [3.8, 4) is 11.1 Å². The van der Waals surface area contributed by atoms with E-state index in [1.165, 1.54) is 33.2 Å². The minimum absolute atomic E-state index is 0.161. The number of carbonyl (C=O) groups excluding carboxylic acids is 2. The predicted molar refractivity (Wildman–Crippen MR) is 167 cm³/mol. The van der Waals surface area contributed by atoms with E-state index in [1.54, 1.807) is 7.05 Å². The summed E-state index contributed by atoms with van der Waals surface area (Å²) in [6, 6.07) is 18.2. The maximum absolute atomic E-state index is 13.6. The Morgan fingerprint density at radius 1 is 1.18 bits per heavy atom. The molecular formula is C33H31F2N5O4S. The van der Waals surface area contributed by atoms with E-state index < -0.39 is 48.4 Å². The number of nitrogens with zero attached hydrogens (tertiary/aromatic N) is 3. The number of ether oxygens (including phenoxy) is 1. The van der Waals surface area contributed by atoms with E-state index in [0.29, 0.717) is 6.54 Å². The number of thiophene rings is 1. The van der Waals surface area contributed by atoms with Crippen LogP contribution in [0, 0.1) is 0 Å². The monoisotopic (exact) mass is 631 g/mol. The zero-order valence-corrected chi connectivity index (χ0v) is 25.4. The maximum Gasteiger partial charge on any atom is 0.410 e. The van der Waals surface area contributed by atoms with Gasteiger partial charge < -0.3 is 19.5 Å². The van der Waals surface area contributed by atoms with Gasteiger partial charge in [0.1, 0.15) is 6.61 Å². The summed E-state index contributed by atoms with van der Waals surface area (Å²) >= 11 is 1.48. The molecule has 1 aliphatic carbocycles. The third-order valence-electron chi connectivity index (χ3n) is 8.00. The Kier molecular flexibility index (Phi) is 8.24. The van der Waals surface area contributed by atoms with E-state index in [2.05, 4.69) is 15.5 Å². The van der Waals surface area contributed by atoms with Crippen molar-refractivity contribution in [1.29, 1.82) is 0 Å². The zero-order valence-electron chi connectivity index (χ0n) is 24.6. The predicted octanol–water partition coefficient (Wildman–Crippen LogP) is 6.68. The summed E-state index contributed by atoms with van der Waals surface area (Å²) in [7, 11) is 1.69. The number of halogens is 2. The van der Waals surface area contributed by atoms with Crippen molar-refractivity contribution in [3.63, 3.8) is 0 Å². The molecule has 0 aliphatic heterocycles. The van der Waals surface area contributed by atoms with Gasteiger partial charge in [0.05, 0.1) is 28.7 Å². The van der Waals surface area contributed by atoms with Crippen LogP contribution >= 0.6 is 11.3 Å². The third kappa shape index (κ3) is 6.37. The van der Waals surface area contributed by atoms with Gasteiger partial charge >= 0.3 is 6.09 Å². The normalized spacial score (nSPS) is 14.9. The first-order chi connectivity index (χ1) is 21.6. The molecule has 0 radical (unpaired) electrons. The second-order valence-corrected chi connectivity index (χ2v) is 12.3. The number of pyridine rings is 1. The average molecular weight is 632 g/mol. The van der Waals surface area contributed by atoms with Crippen LogP contribution in [0.3, 0.4) is 0 Å². The Morgan fingerprint density at radius 3 is 2.67 bits per heavy atom. The quantitative estimate of drug-likeness (QED) is 0.189. The molecule has 2 aromatic carbocycles. The summed E-state index contributed by atoms with van der Waals surface area (Å²) in [6.07, 6.45) is 1.34. The first-order valence-corrected chi connectivity index (χ1v) is 15.3. The van der Waals surface area contributed by atoms with Crippen LogP contribution in [0.15, 0.2) is 83.2 Å². The number of aromatic nitrogens is 3. The minimum Gasteiger partial charge on any atom is -0.445 e. The molecule has 12 heteroatoms. The second kappa shape index (κ2) is 12.3. The van der Waals surface area contributed by atoms with Crippen molar-refractivity contribution in [2.75, 3.05) is 7.05 Å². The van der Waals surface area contributed by atoms with Gasteiger partial charge in [0.2, 0.25) is 0 Å². The van der Waals surface area contributed by atoms with Crippen LogP contribution < -0.4 is 10.9 Å². The summed E-state index contributed by atoms with van der Waals surface area (Å²) in [4.78, 5) is 41.5. The van der Waals surface area contributed by atoms with Crippen molar-refractivity contribution in [3.05, 3.63) is 110 Å². The molecule has 0 bridgehead atoms. The lowest BCUT2D eigenvalue weighted by atomic mass is 9.87. The molecule has 1 unspecified atom stereocenters. The molecule has 1 fully saturated rings. The Labute approximate surface area is 261 Å². The Bertz CT molecular complexity index is 1910. The van der Waals surface area contributed by atoms with Gasteiger partial charge in [0.25, 0.3) is 17.4 Å². The number of hydrogen-bond donors (Lipinski definition) is 2. The molecule has 0 saturated heterocycles. The van der Waals surface area contributed by atoms with Crippen LogP contribution in [0.25, 0.3) is 22.0 Å². The molecule has 1 atom stereocenters. The molecule has 6 rings (SSSR count). The highest BCUT2D eigenvalue weighted by Crippen LogP contribution is 2.45. The SMILES string of the molecule is CC(NC(=O)c1cn(C2CC(F)(F)C2)c(=O)c2cn[nH]c12)c1cc(-c2ccccc2CN(C)C(=O)OCc2ccccc2)cs1. The number of aromatic amines is 1. The van der Waals surface area contributed by atoms with Crippen molar-refractivity contribution in [2.24, 2.45) is 0 Å². The lowest BCUT2D eigenvalue weighted by molar-refractivity contribution is -0.104. The number of H-pyrrole nitrogens is 1. The molecule has 2 N–H and O–H groups in total. The van der Waals surface area contributed by atoms with E-state index in [4.69, 9.17) is 4.74 Å². The highest BCUT2D eigenvalue weighted by molar-refractivity contribution is 7.10. The number of fused-ring (bicyclic) bond motifs is 1. The number of nitrogens with one attached hydrogen (secondary N) is 2.